The number of urea groups is 1. The number of hydrogen-bond donors (Lipinski definition) is 4. The van der Waals surface area contributed by atoms with Crippen LogP contribution in [0.1, 0.15) is 33.6 Å². The third-order valence-corrected chi connectivity index (χ3v) is 2.63. The predicted octanol–water partition coefficient (Wildman–Crippen LogP) is 0.559. The molecule has 0 spiro atoms. The van der Waals surface area contributed by atoms with Crippen molar-refractivity contribution in [3.8, 4) is 0 Å². The highest BCUT2D eigenvalue weighted by molar-refractivity contribution is 5.78. The van der Waals surface area contributed by atoms with E-state index in [0.29, 0.717) is 13.0 Å². The van der Waals surface area contributed by atoms with Crippen molar-refractivity contribution in [3.63, 3.8) is 0 Å². The van der Waals surface area contributed by atoms with Crippen LogP contribution >= 0.6 is 0 Å². The summed E-state index contributed by atoms with van der Waals surface area (Å²) in [5.41, 5.74) is 0. The molecule has 116 valence electrons. The fraction of sp³-hybridized carbons (Fsp3) is 0.769. The second kappa shape index (κ2) is 10.1. The van der Waals surface area contributed by atoms with Crippen molar-refractivity contribution in [2.45, 2.75) is 33.6 Å². The first-order valence-electron chi connectivity index (χ1n) is 6.88. The van der Waals surface area contributed by atoms with Gasteiger partial charge in [-0.05, 0) is 19.3 Å². The van der Waals surface area contributed by atoms with E-state index in [0.717, 1.165) is 0 Å². The number of rotatable bonds is 9. The van der Waals surface area contributed by atoms with Gasteiger partial charge in [-0.3, -0.25) is 9.59 Å². The number of hydrogen-bond acceptors (Lipinski definition) is 3. The molecule has 1 atom stereocenters. The highest BCUT2D eigenvalue weighted by Gasteiger charge is 2.19. The van der Waals surface area contributed by atoms with Gasteiger partial charge >= 0.3 is 12.0 Å². The van der Waals surface area contributed by atoms with Gasteiger partial charge in [-0.1, -0.05) is 13.8 Å². The van der Waals surface area contributed by atoms with Gasteiger partial charge in [0.15, 0.2) is 0 Å². The molecule has 20 heavy (non-hydrogen) atoms. The molecule has 0 aromatic carbocycles. The first kappa shape index (κ1) is 18.2. The molecule has 0 heterocycles. The zero-order valence-electron chi connectivity index (χ0n) is 12.4. The van der Waals surface area contributed by atoms with Gasteiger partial charge in [-0.25, -0.2) is 4.79 Å². The lowest BCUT2D eigenvalue weighted by atomic mass is 9.97. The normalized spacial score (nSPS) is 11.8. The van der Waals surface area contributed by atoms with Crippen LogP contribution in [0.2, 0.25) is 0 Å². The van der Waals surface area contributed by atoms with Crippen LogP contribution in [0.3, 0.4) is 0 Å². The zero-order valence-corrected chi connectivity index (χ0v) is 12.4. The Morgan fingerprint density at radius 1 is 1.10 bits per heavy atom. The maximum atomic E-state index is 11.4. The van der Waals surface area contributed by atoms with E-state index in [1.165, 1.54) is 0 Å². The summed E-state index contributed by atoms with van der Waals surface area (Å²) in [6.45, 7) is 6.55. The summed E-state index contributed by atoms with van der Waals surface area (Å²) >= 11 is 0. The van der Waals surface area contributed by atoms with Crippen LogP contribution in [0, 0.1) is 11.8 Å². The van der Waals surface area contributed by atoms with Crippen LogP contribution in [-0.4, -0.2) is 42.6 Å². The maximum Gasteiger partial charge on any atom is 0.314 e. The molecule has 3 amide bonds. The largest absolute Gasteiger partial charge is 0.481 e. The number of carboxylic acids is 1. The maximum absolute atomic E-state index is 11.4. The van der Waals surface area contributed by atoms with Crippen molar-refractivity contribution in [3.05, 3.63) is 0 Å². The van der Waals surface area contributed by atoms with Crippen molar-refractivity contribution in [1.29, 1.82) is 0 Å². The predicted molar refractivity (Wildman–Crippen MR) is 75.3 cm³/mol. The highest BCUT2D eigenvalue weighted by Crippen LogP contribution is 2.10. The lowest BCUT2D eigenvalue weighted by Gasteiger charge is -2.15. The summed E-state index contributed by atoms with van der Waals surface area (Å²) in [6, 6.07) is -0.454. The Hall–Kier alpha value is -1.79. The summed E-state index contributed by atoms with van der Waals surface area (Å²) < 4.78 is 0. The van der Waals surface area contributed by atoms with Gasteiger partial charge in [0.2, 0.25) is 5.91 Å². The van der Waals surface area contributed by atoms with E-state index < -0.39 is 17.9 Å². The lowest BCUT2D eigenvalue weighted by Crippen LogP contribution is -2.41. The van der Waals surface area contributed by atoms with Gasteiger partial charge in [-0.15, -0.1) is 0 Å². The van der Waals surface area contributed by atoms with Gasteiger partial charge in [0, 0.05) is 26.1 Å². The SMILES string of the molecule is CCNC(=O)CCNC(=O)NCC(CC(C)C)C(=O)O. The summed E-state index contributed by atoms with van der Waals surface area (Å²) in [5.74, 6) is -1.39. The molecule has 0 saturated heterocycles. The number of aliphatic carboxylic acids is 1. The van der Waals surface area contributed by atoms with Crippen LogP contribution in [0.15, 0.2) is 0 Å². The molecule has 0 aliphatic heterocycles. The second-order valence-corrected chi connectivity index (χ2v) is 5.01. The van der Waals surface area contributed by atoms with E-state index in [4.69, 9.17) is 5.11 Å². The van der Waals surface area contributed by atoms with Gasteiger partial charge in [0.05, 0.1) is 5.92 Å². The molecular formula is C13H25N3O4. The quantitative estimate of drug-likeness (QED) is 0.497. The first-order chi connectivity index (χ1) is 9.36. The molecule has 0 aliphatic carbocycles. The second-order valence-electron chi connectivity index (χ2n) is 5.01. The van der Waals surface area contributed by atoms with Crippen molar-refractivity contribution >= 4 is 17.9 Å². The minimum atomic E-state index is -0.915. The third kappa shape index (κ3) is 9.18. The summed E-state index contributed by atoms with van der Waals surface area (Å²) in [6.07, 6.45) is 0.712. The van der Waals surface area contributed by atoms with Gasteiger partial charge < -0.3 is 21.1 Å². The molecule has 0 saturated carbocycles. The summed E-state index contributed by atoms with van der Waals surface area (Å²) in [7, 11) is 0. The number of carbonyl (C=O) groups is 3. The third-order valence-electron chi connectivity index (χ3n) is 2.63. The lowest BCUT2D eigenvalue weighted by molar-refractivity contribution is -0.142. The minimum Gasteiger partial charge on any atom is -0.481 e. The Morgan fingerprint density at radius 2 is 1.75 bits per heavy atom. The van der Waals surface area contributed by atoms with E-state index >= 15 is 0 Å². The summed E-state index contributed by atoms with van der Waals surface area (Å²) in [5, 5.41) is 16.7. The molecule has 0 radical (unpaired) electrons. The molecule has 0 rings (SSSR count). The Morgan fingerprint density at radius 3 is 2.25 bits per heavy atom. The van der Waals surface area contributed by atoms with E-state index in [9.17, 15) is 14.4 Å². The first-order valence-corrected chi connectivity index (χ1v) is 6.88. The molecule has 1 unspecified atom stereocenters. The smallest absolute Gasteiger partial charge is 0.314 e. The van der Waals surface area contributed by atoms with Gasteiger partial charge in [0.25, 0.3) is 0 Å². The average molecular weight is 287 g/mol. The molecule has 7 heteroatoms. The Labute approximate surface area is 119 Å². The Bertz CT molecular complexity index is 332. The number of amides is 3. The van der Waals surface area contributed by atoms with Crippen LogP contribution in [0.4, 0.5) is 4.79 Å². The number of carboxylic acid groups (broad SMARTS) is 1. The number of nitrogens with one attached hydrogen (secondary N) is 3. The summed E-state index contributed by atoms with van der Waals surface area (Å²) in [4.78, 5) is 33.6. The van der Waals surface area contributed by atoms with E-state index in [2.05, 4.69) is 16.0 Å². The molecular weight excluding hydrogens is 262 g/mol. The fourth-order valence-corrected chi connectivity index (χ4v) is 1.69. The van der Waals surface area contributed by atoms with Crippen LogP contribution in [-0.2, 0) is 9.59 Å². The van der Waals surface area contributed by atoms with Crippen molar-refractivity contribution < 1.29 is 19.5 Å². The van der Waals surface area contributed by atoms with Gasteiger partial charge in [-0.2, -0.15) is 0 Å². The topological polar surface area (TPSA) is 108 Å². The standard InChI is InChI=1S/C13H25N3O4/c1-4-14-11(17)5-6-15-13(20)16-8-10(12(18)19)7-9(2)3/h9-10H,4-8H2,1-3H3,(H,14,17)(H,18,19)(H2,15,16,20). The highest BCUT2D eigenvalue weighted by atomic mass is 16.4. The molecule has 4 N–H and O–H groups in total. The van der Waals surface area contributed by atoms with E-state index in [1.807, 2.05) is 20.8 Å². The monoisotopic (exact) mass is 287 g/mol. The van der Waals surface area contributed by atoms with Crippen LogP contribution < -0.4 is 16.0 Å². The van der Waals surface area contributed by atoms with E-state index in [-0.39, 0.29) is 31.3 Å². The molecule has 7 nitrogen and oxygen atoms in total. The van der Waals surface area contributed by atoms with Crippen molar-refractivity contribution in [2.24, 2.45) is 11.8 Å². The Balaban J connectivity index is 3.90. The fourth-order valence-electron chi connectivity index (χ4n) is 1.69. The molecule has 0 aromatic heterocycles. The Kier molecular flexibility index (Phi) is 9.15. The van der Waals surface area contributed by atoms with E-state index in [1.54, 1.807) is 0 Å². The minimum absolute atomic E-state index is 0.0838. The van der Waals surface area contributed by atoms with Crippen molar-refractivity contribution in [2.75, 3.05) is 19.6 Å². The molecule has 0 bridgehead atoms. The van der Waals surface area contributed by atoms with Crippen LogP contribution in [0.5, 0.6) is 0 Å². The van der Waals surface area contributed by atoms with Crippen LogP contribution in [0.25, 0.3) is 0 Å². The average Bonchev–Trinajstić information content (AvgIpc) is 2.34. The number of carbonyl (C=O) groups excluding carboxylic acids is 2. The van der Waals surface area contributed by atoms with Crippen molar-refractivity contribution in [1.82, 2.24) is 16.0 Å². The van der Waals surface area contributed by atoms with Gasteiger partial charge in [0.1, 0.15) is 0 Å². The molecule has 0 fully saturated rings. The molecule has 0 aromatic rings. The zero-order chi connectivity index (χ0) is 15.5. The molecule has 0 aliphatic rings.